The minimum Gasteiger partial charge on any atom is -0.396 e. The van der Waals surface area contributed by atoms with Crippen molar-refractivity contribution in [3.8, 4) is 0 Å². The van der Waals surface area contributed by atoms with Crippen LogP contribution in [-0.4, -0.2) is 117 Å². The molecule has 30 heavy (non-hydrogen) atoms. The molecule has 0 aliphatic carbocycles. The topological polar surface area (TPSA) is 179 Å². The summed E-state index contributed by atoms with van der Waals surface area (Å²) in [6.45, 7) is 3.20. The number of ether oxygens (including phenoxy) is 4. The van der Waals surface area contributed by atoms with E-state index in [0.29, 0.717) is 12.8 Å². The van der Waals surface area contributed by atoms with Crippen molar-refractivity contribution in [3.05, 3.63) is 12.7 Å². The molecule has 176 valence electrons. The van der Waals surface area contributed by atoms with Crippen LogP contribution in [0.1, 0.15) is 25.7 Å². The Morgan fingerprint density at radius 3 is 2.27 bits per heavy atom. The monoisotopic (exact) mass is 438 g/mol. The summed E-state index contributed by atoms with van der Waals surface area (Å²) >= 11 is 0. The average molecular weight is 438 g/mol. The summed E-state index contributed by atoms with van der Waals surface area (Å²) in [4.78, 5) is 0. The van der Waals surface area contributed by atoms with E-state index in [1.165, 1.54) is 6.08 Å². The fourth-order valence-corrected chi connectivity index (χ4v) is 3.33. The molecule has 2 saturated heterocycles. The first-order valence-electron chi connectivity index (χ1n) is 10.2. The van der Waals surface area contributed by atoms with Gasteiger partial charge in [-0.15, -0.1) is 6.58 Å². The highest BCUT2D eigenvalue weighted by Crippen LogP contribution is 2.26. The largest absolute Gasteiger partial charge is 0.396 e. The van der Waals surface area contributed by atoms with Gasteiger partial charge in [0.25, 0.3) is 0 Å². The van der Waals surface area contributed by atoms with Crippen LogP contribution in [0.2, 0.25) is 0 Å². The first-order valence-corrected chi connectivity index (χ1v) is 10.2. The summed E-state index contributed by atoms with van der Waals surface area (Å²) in [7, 11) is 0. The maximum atomic E-state index is 10.2. The molecule has 2 aliphatic rings. The van der Waals surface area contributed by atoms with E-state index in [0.717, 1.165) is 12.8 Å². The highest BCUT2D eigenvalue weighted by Gasteiger charge is 2.46. The first-order chi connectivity index (χ1) is 14.3. The molecule has 7 N–H and O–H groups in total. The van der Waals surface area contributed by atoms with Crippen molar-refractivity contribution in [2.45, 2.75) is 87.1 Å². The molecule has 0 aromatic carbocycles. The van der Waals surface area contributed by atoms with Crippen LogP contribution in [0, 0.1) is 0 Å². The predicted octanol–water partition coefficient (Wildman–Crippen LogP) is -2.63. The van der Waals surface area contributed by atoms with Gasteiger partial charge in [0.2, 0.25) is 0 Å². The number of aliphatic hydroxyl groups is 7. The third-order valence-electron chi connectivity index (χ3n) is 5.27. The van der Waals surface area contributed by atoms with E-state index in [4.69, 9.17) is 24.1 Å². The maximum absolute atomic E-state index is 10.2. The summed E-state index contributed by atoms with van der Waals surface area (Å²) in [5, 5.41) is 68.5. The smallest absolute Gasteiger partial charge is 0.187 e. The van der Waals surface area contributed by atoms with Gasteiger partial charge >= 0.3 is 0 Å². The Morgan fingerprint density at radius 1 is 0.900 bits per heavy atom. The van der Waals surface area contributed by atoms with Crippen LogP contribution in [0.5, 0.6) is 0 Å². The number of aliphatic hydroxyl groups excluding tert-OH is 7. The molecule has 2 heterocycles. The van der Waals surface area contributed by atoms with Crippen LogP contribution in [-0.2, 0) is 18.9 Å². The van der Waals surface area contributed by atoms with Gasteiger partial charge in [-0.2, -0.15) is 0 Å². The van der Waals surface area contributed by atoms with E-state index < -0.39 is 61.4 Å². The lowest BCUT2D eigenvalue weighted by Gasteiger charge is -2.42. The molecule has 0 radical (unpaired) electrons. The Morgan fingerprint density at radius 2 is 1.60 bits per heavy atom. The Kier molecular flexibility index (Phi) is 10.5. The molecule has 2 fully saturated rings. The third-order valence-corrected chi connectivity index (χ3v) is 5.27. The van der Waals surface area contributed by atoms with Crippen molar-refractivity contribution in [2.75, 3.05) is 19.8 Å². The number of hydrogen-bond donors (Lipinski definition) is 7. The van der Waals surface area contributed by atoms with E-state index in [1.54, 1.807) is 0 Å². The van der Waals surface area contributed by atoms with E-state index >= 15 is 0 Å². The van der Waals surface area contributed by atoms with Gasteiger partial charge in [0.15, 0.2) is 12.6 Å². The molecule has 11 nitrogen and oxygen atoms in total. The van der Waals surface area contributed by atoms with Gasteiger partial charge in [-0.05, 0) is 12.8 Å². The Hall–Kier alpha value is -0.700. The Balaban J connectivity index is 1.90. The number of unbranched alkanes of at least 4 members (excludes halogenated alkanes) is 2. The van der Waals surface area contributed by atoms with Crippen LogP contribution in [0.25, 0.3) is 0 Å². The molecule has 0 aromatic rings. The van der Waals surface area contributed by atoms with Gasteiger partial charge in [-0.1, -0.05) is 18.9 Å². The van der Waals surface area contributed by atoms with Gasteiger partial charge in [-0.3, -0.25) is 0 Å². The molecule has 0 amide bonds. The second-order valence-electron chi connectivity index (χ2n) is 7.58. The Labute approximate surface area is 175 Å². The molecular formula is C19H34O11. The lowest BCUT2D eigenvalue weighted by molar-refractivity contribution is -0.325. The number of rotatable bonds is 11. The lowest BCUT2D eigenvalue weighted by Crippen LogP contribution is -2.60. The highest BCUT2D eigenvalue weighted by molar-refractivity contribution is 4.91. The molecule has 0 bridgehead atoms. The summed E-state index contributed by atoms with van der Waals surface area (Å²) < 4.78 is 21.7. The van der Waals surface area contributed by atoms with Crippen LogP contribution in [0.4, 0.5) is 0 Å². The zero-order valence-electron chi connectivity index (χ0n) is 16.8. The molecule has 2 aliphatic heterocycles. The molecule has 10 atom stereocenters. The summed E-state index contributed by atoms with van der Waals surface area (Å²) in [5.41, 5.74) is 0. The van der Waals surface area contributed by atoms with E-state index in [2.05, 4.69) is 6.58 Å². The molecule has 0 unspecified atom stereocenters. The van der Waals surface area contributed by atoms with Crippen molar-refractivity contribution < 1.29 is 54.7 Å². The van der Waals surface area contributed by atoms with E-state index in [-0.39, 0.29) is 19.8 Å². The average Bonchev–Trinajstić information content (AvgIpc) is 2.74. The van der Waals surface area contributed by atoms with E-state index in [1.807, 2.05) is 0 Å². The van der Waals surface area contributed by atoms with Crippen molar-refractivity contribution in [1.82, 2.24) is 0 Å². The van der Waals surface area contributed by atoms with E-state index in [9.17, 15) is 30.6 Å². The molecule has 0 saturated carbocycles. The van der Waals surface area contributed by atoms with Crippen molar-refractivity contribution in [2.24, 2.45) is 0 Å². The normalized spacial score (nSPS) is 40.8. The fourth-order valence-electron chi connectivity index (χ4n) is 3.33. The molecule has 11 heteroatoms. The van der Waals surface area contributed by atoms with Crippen molar-refractivity contribution >= 4 is 0 Å². The minimum atomic E-state index is -1.57. The maximum Gasteiger partial charge on any atom is 0.187 e. The van der Waals surface area contributed by atoms with Crippen LogP contribution >= 0.6 is 0 Å². The van der Waals surface area contributed by atoms with Crippen LogP contribution in [0.15, 0.2) is 12.7 Å². The van der Waals surface area contributed by atoms with Crippen molar-refractivity contribution in [1.29, 1.82) is 0 Å². The number of hydrogen-bond acceptors (Lipinski definition) is 11. The molecule has 2 rings (SSSR count). The quantitative estimate of drug-likeness (QED) is 0.133. The highest BCUT2D eigenvalue weighted by atomic mass is 16.7. The summed E-state index contributed by atoms with van der Waals surface area (Å²) in [6, 6.07) is 0. The Bertz CT molecular complexity index is 507. The zero-order valence-corrected chi connectivity index (χ0v) is 16.8. The lowest BCUT2D eigenvalue weighted by atomic mass is 9.99. The van der Waals surface area contributed by atoms with Gasteiger partial charge in [-0.25, -0.2) is 0 Å². The minimum absolute atomic E-state index is 0.102. The molecular weight excluding hydrogens is 404 g/mol. The standard InChI is InChI=1S/C19H34O11/c1-2-10(6-4-3-5-7-20)29-19-17(26)15(24)14(23)12(30-19)9-28-18-16(25)13(22)11(21)8-27-18/h2,10-26H,1,3-9H2/t10-,11+,12-,13+,14-,15+,16+,17-,18-,19-/m1/s1. The predicted molar refractivity (Wildman–Crippen MR) is 101 cm³/mol. The van der Waals surface area contributed by atoms with Gasteiger partial charge in [0, 0.05) is 6.61 Å². The van der Waals surface area contributed by atoms with Gasteiger partial charge < -0.3 is 54.7 Å². The van der Waals surface area contributed by atoms with Gasteiger partial charge in [0.1, 0.15) is 42.7 Å². The van der Waals surface area contributed by atoms with Gasteiger partial charge in [0.05, 0.1) is 19.3 Å². The second-order valence-corrected chi connectivity index (χ2v) is 7.58. The summed E-state index contributed by atoms with van der Waals surface area (Å²) in [5.74, 6) is 0. The molecule has 0 aromatic heterocycles. The fraction of sp³-hybridized carbons (Fsp3) is 0.895. The van der Waals surface area contributed by atoms with Crippen molar-refractivity contribution in [3.63, 3.8) is 0 Å². The van der Waals surface area contributed by atoms with Crippen LogP contribution in [0.3, 0.4) is 0 Å². The first kappa shape index (κ1) is 25.6. The SMILES string of the molecule is C=C[C@H](CCCCCO)O[C@@H]1O[C@H](CO[C@H]2OC[C@H](O)[C@H](O)[C@@H]2O)[C@@H](O)[C@H](O)[C@H]1O. The third kappa shape index (κ3) is 6.65. The summed E-state index contributed by atoms with van der Waals surface area (Å²) in [6.07, 6.45) is -8.60. The zero-order chi connectivity index (χ0) is 22.3. The molecule has 0 spiro atoms. The van der Waals surface area contributed by atoms with Crippen LogP contribution < -0.4 is 0 Å². The second kappa shape index (κ2) is 12.4.